The molecule has 0 saturated heterocycles. The molecular formula is C15H22N2O. The second kappa shape index (κ2) is 6.55. The average molecular weight is 246 g/mol. The SMILES string of the molecule is NCc1ccc(C(=O)NCCC2CCCC2)cc1. The molecule has 1 amide bonds. The van der Waals surface area contributed by atoms with E-state index < -0.39 is 0 Å². The summed E-state index contributed by atoms with van der Waals surface area (Å²) in [6.45, 7) is 1.31. The molecule has 18 heavy (non-hydrogen) atoms. The smallest absolute Gasteiger partial charge is 0.251 e. The van der Waals surface area contributed by atoms with Gasteiger partial charge in [-0.15, -0.1) is 0 Å². The molecule has 1 aromatic carbocycles. The second-order valence-electron chi connectivity index (χ2n) is 5.10. The van der Waals surface area contributed by atoms with Crippen molar-refractivity contribution in [1.82, 2.24) is 5.32 Å². The van der Waals surface area contributed by atoms with Crippen molar-refractivity contribution in [2.75, 3.05) is 6.54 Å². The van der Waals surface area contributed by atoms with Gasteiger partial charge in [-0.3, -0.25) is 4.79 Å². The van der Waals surface area contributed by atoms with Crippen LogP contribution in [0.2, 0.25) is 0 Å². The molecule has 0 spiro atoms. The van der Waals surface area contributed by atoms with Crippen LogP contribution in [0.15, 0.2) is 24.3 Å². The van der Waals surface area contributed by atoms with Crippen molar-refractivity contribution in [1.29, 1.82) is 0 Å². The molecule has 3 nitrogen and oxygen atoms in total. The van der Waals surface area contributed by atoms with Gasteiger partial charge in [-0.05, 0) is 30.0 Å². The van der Waals surface area contributed by atoms with Gasteiger partial charge < -0.3 is 11.1 Å². The summed E-state index contributed by atoms with van der Waals surface area (Å²) >= 11 is 0. The zero-order chi connectivity index (χ0) is 12.8. The fraction of sp³-hybridized carbons (Fsp3) is 0.533. The summed E-state index contributed by atoms with van der Waals surface area (Å²) in [6.07, 6.45) is 6.51. The normalized spacial score (nSPS) is 15.8. The van der Waals surface area contributed by atoms with Crippen molar-refractivity contribution >= 4 is 5.91 Å². The van der Waals surface area contributed by atoms with Crippen LogP contribution in [0, 0.1) is 5.92 Å². The van der Waals surface area contributed by atoms with Crippen LogP contribution in [0.5, 0.6) is 0 Å². The lowest BCUT2D eigenvalue weighted by Crippen LogP contribution is -2.25. The van der Waals surface area contributed by atoms with Gasteiger partial charge in [-0.1, -0.05) is 37.8 Å². The van der Waals surface area contributed by atoms with E-state index in [0.29, 0.717) is 6.54 Å². The fourth-order valence-corrected chi connectivity index (χ4v) is 2.58. The Bertz CT molecular complexity index is 380. The maximum atomic E-state index is 11.9. The van der Waals surface area contributed by atoms with Crippen molar-refractivity contribution in [3.8, 4) is 0 Å². The molecule has 1 aliphatic rings. The molecule has 0 atom stereocenters. The molecule has 0 bridgehead atoms. The molecule has 98 valence electrons. The van der Waals surface area contributed by atoms with E-state index in [4.69, 9.17) is 5.73 Å². The van der Waals surface area contributed by atoms with Gasteiger partial charge in [-0.2, -0.15) is 0 Å². The topological polar surface area (TPSA) is 55.1 Å². The molecule has 0 unspecified atom stereocenters. The third kappa shape index (κ3) is 3.57. The zero-order valence-electron chi connectivity index (χ0n) is 10.8. The van der Waals surface area contributed by atoms with Crippen molar-refractivity contribution < 1.29 is 4.79 Å². The Kier molecular flexibility index (Phi) is 4.76. The highest BCUT2D eigenvalue weighted by Crippen LogP contribution is 2.26. The van der Waals surface area contributed by atoms with Crippen molar-refractivity contribution in [2.24, 2.45) is 11.7 Å². The Morgan fingerprint density at radius 1 is 1.22 bits per heavy atom. The lowest BCUT2D eigenvalue weighted by Gasteiger charge is -2.10. The van der Waals surface area contributed by atoms with Gasteiger partial charge in [0.05, 0.1) is 0 Å². The number of nitrogens with one attached hydrogen (secondary N) is 1. The first-order valence-corrected chi connectivity index (χ1v) is 6.87. The van der Waals surface area contributed by atoms with Gasteiger partial charge in [0.15, 0.2) is 0 Å². The molecule has 0 radical (unpaired) electrons. The first-order chi connectivity index (χ1) is 8.79. The molecule has 2 rings (SSSR count). The van der Waals surface area contributed by atoms with E-state index in [0.717, 1.165) is 30.0 Å². The maximum Gasteiger partial charge on any atom is 0.251 e. The summed E-state index contributed by atoms with van der Waals surface area (Å²) in [5.74, 6) is 0.849. The van der Waals surface area contributed by atoms with Gasteiger partial charge in [0.25, 0.3) is 5.91 Å². The van der Waals surface area contributed by atoms with Crippen molar-refractivity contribution in [3.05, 3.63) is 35.4 Å². The minimum atomic E-state index is 0.0246. The minimum Gasteiger partial charge on any atom is -0.352 e. The first kappa shape index (κ1) is 13.1. The van der Waals surface area contributed by atoms with E-state index >= 15 is 0 Å². The monoisotopic (exact) mass is 246 g/mol. The molecule has 1 aromatic rings. The Morgan fingerprint density at radius 2 is 1.89 bits per heavy atom. The van der Waals surface area contributed by atoms with E-state index in [9.17, 15) is 4.79 Å². The highest BCUT2D eigenvalue weighted by molar-refractivity contribution is 5.94. The third-order valence-corrected chi connectivity index (χ3v) is 3.76. The van der Waals surface area contributed by atoms with Crippen LogP contribution in [-0.2, 0) is 6.54 Å². The molecule has 1 aliphatic carbocycles. The number of amides is 1. The summed E-state index contributed by atoms with van der Waals surface area (Å²) < 4.78 is 0. The Morgan fingerprint density at radius 3 is 2.50 bits per heavy atom. The van der Waals surface area contributed by atoms with Gasteiger partial charge >= 0.3 is 0 Å². The fourth-order valence-electron chi connectivity index (χ4n) is 2.58. The number of rotatable bonds is 5. The van der Waals surface area contributed by atoms with Crippen molar-refractivity contribution in [2.45, 2.75) is 38.6 Å². The van der Waals surface area contributed by atoms with E-state index in [1.54, 1.807) is 0 Å². The Balaban J connectivity index is 1.76. The number of nitrogens with two attached hydrogens (primary N) is 1. The maximum absolute atomic E-state index is 11.9. The molecule has 1 fully saturated rings. The lowest BCUT2D eigenvalue weighted by molar-refractivity contribution is 0.0951. The minimum absolute atomic E-state index is 0.0246. The molecule has 0 heterocycles. The summed E-state index contributed by atoms with van der Waals surface area (Å²) in [5, 5.41) is 2.99. The quantitative estimate of drug-likeness (QED) is 0.838. The van der Waals surface area contributed by atoms with E-state index in [2.05, 4.69) is 5.32 Å². The predicted molar refractivity (Wildman–Crippen MR) is 73.2 cm³/mol. The summed E-state index contributed by atoms with van der Waals surface area (Å²) in [5.41, 5.74) is 7.30. The Labute approximate surface area is 109 Å². The number of hydrogen-bond donors (Lipinski definition) is 2. The lowest BCUT2D eigenvalue weighted by atomic mass is 10.0. The van der Waals surface area contributed by atoms with Crippen LogP contribution in [-0.4, -0.2) is 12.5 Å². The summed E-state index contributed by atoms with van der Waals surface area (Å²) in [7, 11) is 0. The van der Waals surface area contributed by atoms with Gasteiger partial charge in [-0.25, -0.2) is 0 Å². The highest BCUT2D eigenvalue weighted by Gasteiger charge is 2.14. The molecule has 0 aromatic heterocycles. The molecule has 3 heteroatoms. The first-order valence-electron chi connectivity index (χ1n) is 6.87. The van der Waals surface area contributed by atoms with Crippen LogP contribution < -0.4 is 11.1 Å². The Hall–Kier alpha value is -1.35. The van der Waals surface area contributed by atoms with Gasteiger partial charge in [0.1, 0.15) is 0 Å². The number of carbonyl (C=O) groups is 1. The third-order valence-electron chi connectivity index (χ3n) is 3.76. The van der Waals surface area contributed by atoms with Gasteiger partial charge in [0, 0.05) is 18.7 Å². The molecule has 0 aliphatic heterocycles. The predicted octanol–water partition coefficient (Wildman–Crippen LogP) is 2.46. The second-order valence-corrected chi connectivity index (χ2v) is 5.10. The molecule has 3 N–H and O–H groups in total. The van der Waals surface area contributed by atoms with Crippen LogP contribution in [0.25, 0.3) is 0 Å². The summed E-state index contributed by atoms with van der Waals surface area (Å²) in [4.78, 5) is 11.9. The molecule has 1 saturated carbocycles. The average Bonchev–Trinajstić information content (AvgIpc) is 2.92. The zero-order valence-corrected chi connectivity index (χ0v) is 10.8. The van der Waals surface area contributed by atoms with Crippen LogP contribution in [0.1, 0.15) is 48.0 Å². The highest BCUT2D eigenvalue weighted by atomic mass is 16.1. The van der Waals surface area contributed by atoms with E-state index in [1.807, 2.05) is 24.3 Å². The molecular weight excluding hydrogens is 224 g/mol. The van der Waals surface area contributed by atoms with Crippen LogP contribution in [0.4, 0.5) is 0 Å². The van der Waals surface area contributed by atoms with E-state index in [-0.39, 0.29) is 5.91 Å². The van der Waals surface area contributed by atoms with Gasteiger partial charge in [0.2, 0.25) is 0 Å². The number of benzene rings is 1. The standard InChI is InChI=1S/C15H22N2O/c16-11-13-5-7-14(8-6-13)15(18)17-10-9-12-3-1-2-4-12/h5-8,12H,1-4,9-11,16H2,(H,17,18). The van der Waals surface area contributed by atoms with Crippen molar-refractivity contribution in [3.63, 3.8) is 0 Å². The largest absolute Gasteiger partial charge is 0.352 e. The van der Waals surface area contributed by atoms with E-state index in [1.165, 1.54) is 25.7 Å². The number of hydrogen-bond acceptors (Lipinski definition) is 2. The van der Waals surface area contributed by atoms with Crippen LogP contribution in [0.3, 0.4) is 0 Å². The number of carbonyl (C=O) groups excluding carboxylic acids is 1. The summed E-state index contributed by atoms with van der Waals surface area (Å²) in [6, 6.07) is 7.50. The van der Waals surface area contributed by atoms with Crippen LogP contribution >= 0.6 is 0 Å².